The van der Waals surface area contributed by atoms with E-state index in [0.717, 1.165) is 0 Å². The molecule has 0 unspecified atom stereocenters. The summed E-state index contributed by atoms with van der Waals surface area (Å²) >= 11 is 0. The standard InChI is InChI=1S/C11H16.H3N/c1-4-6-11-9(2)7-5-8-10(11)3;/h5,7-8H,4,6H2,1-3H3;1H3. The first-order valence-electron chi connectivity index (χ1n) is 4.30. The van der Waals surface area contributed by atoms with E-state index in [1.165, 1.54) is 29.5 Å². The normalized spacial score (nSPS) is 9.25. The van der Waals surface area contributed by atoms with Crippen LogP contribution in [0.25, 0.3) is 0 Å². The molecule has 0 heterocycles. The van der Waals surface area contributed by atoms with Gasteiger partial charge in [0.15, 0.2) is 0 Å². The predicted molar refractivity (Wildman–Crippen MR) is 54.9 cm³/mol. The highest BCUT2D eigenvalue weighted by atomic mass is 14.0. The molecule has 0 radical (unpaired) electrons. The van der Waals surface area contributed by atoms with Gasteiger partial charge < -0.3 is 6.15 Å². The van der Waals surface area contributed by atoms with E-state index in [1.54, 1.807) is 0 Å². The summed E-state index contributed by atoms with van der Waals surface area (Å²) in [5.41, 5.74) is 4.41. The Morgan fingerprint density at radius 3 is 2.00 bits per heavy atom. The maximum atomic E-state index is 2.23. The van der Waals surface area contributed by atoms with E-state index < -0.39 is 0 Å². The second-order valence-electron chi connectivity index (χ2n) is 3.12. The van der Waals surface area contributed by atoms with Crippen molar-refractivity contribution in [2.45, 2.75) is 33.6 Å². The molecule has 12 heavy (non-hydrogen) atoms. The van der Waals surface area contributed by atoms with Gasteiger partial charge in [0, 0.05) is 0 Å². The molecule has 1 rings (SSSR count). The second-order valence-corrected chi connectivity index (χ2v) is 3.12. The van der Waals surface area contributed by atoms with Gasteiger partial charge in [-0.3, -0.25) is 0 Å². The van der Waals surface area contributed by atoms with Crippen LogP contribution in [0.4, 0.5) is 0 Å². The summed E-state index contributed by atoms with van der Waals surface area (Å²) in [5, 5.41) is 0. The number of aryl methyl sites for hydroxylation is 2. The summed E-state index contributed by atoms with van der Waals surface area (Å²) in [7, 11) is 0. The van der Waals surface area contributed by atoms with Crippen LogP contribution in [0.2, 0.25) is 0 Å². The molecule has 68 valence electrons. The van der Waals surface area contributed by atoms with E-state index in [9.17, 15) is 0 Å². The van der Waals surface area contributed by atoms with Gasteiger partial charge in [0.25, 0.3) is 0 Å². The summed E-state index contributed by atoms with van der Waals surface area (Å²) in [5.74, 6) is 0. The Labute approximate surface area is 75.4 Å². The molecule has 0 aliphatic carbocycles. The lowest BCUT2D eigenvalue weighted by molar-refractivity contribution is 0.903. The highest BCUT2D eigenvalue weighted by Gasteiger charge is 1.98. The Kier molecular flexibility index (Phi) is 4.60. The lowest BCUT2D eigenvalue weighted by Gasteiger charge is -2.06. The SMILES string of the molecule is CCCc1c(C)cccc1C.N. The van der Waals surface area contributed by atoms with Crippen molar-refractivity contribution in [1.29, 1.82) is 0 Å². The van der Waals surface area contributed by atoms with E-state index in [2.05, 4.69) is 39.0 Å². The van der Waals surface area contributed by atoms with Gasteiger partial charge in [0.2, 0.25) is 0 Å². The van der Waals surface area contributed by atoms with Crippen LogP contribution in [0.5, 0.6) is 0 Å². The Bertz CT molecular complexity index is 221. The van der Waals surface area contributed by atoms with E-state index in [-0.39, 0.29) is 6.15 Å². The molecule has 1 heteroatoms. The minimum absolute atomic E-state index is 0. The van der Waals surface area contributed by atoms with Gasteiger partial charge >= 0.3 is 0 Å². The molecule has 0 aromatic heterocycles. The Morgan fingerprint density at radius 2 is 1.58 bits per heavy atom. The summed E-state index contributed by atoms with van der Waals surface area (Å²) in [4.78, 5) is 0. The smallest absolute Gasteiger partial charge is 0.0276 e. The highest BCUT2D eigenvalue weighted by molar-refractivity contribution is 5.33. The van der Waals surface area contributed by atoms with Gasteiger partial charge in [-0.2, -0.15) is 0 Å². The van der Waals surface area contributed by atoms with Gasteiger partial charge in [-0.05, 0) is 37.0 Å². The highest BCUT2D eigenvalue weighted by Crippen LogP contribution is 2.14. The maximum absolute atomic E-state index is 2.23. The Balaban J connectivity index is 0.00000121. The number of rotatable bonds is 2. The molecule has 0 aliphatic heterocycles. The molecule has 0 fully saturated rings. The molecule has 3 N–H and O–H groups in total. The van der Waals surface area contributed by atoms with Crippen molar-refractivity contribution < 1.29 is 0 Å². The van der Waals surface area contributed by atoms with Crippen LogP contribution < -0.4 is 6.15 Å². The first kappa shape index (κ1) is 11.2. The van der Waals surface area contributed by atoms with Crippen molar-refractivity contribution in [3.8, 4) is 0 Å². The first-order chi connectivity index (χ1) is 5.25. The molecular weight excluding hydrogens is 146 g/mol. The van der Waals surface area contributed by atoms with Crippen LogP contribution in [0.15, 0.2) is 18.2 Å². The fourth-order valence-corrected chi connectivity index (χ4v) is 1.49. The fourth-order valence-electron chi connectivity index (χ4n) is 1.49. The van der Waals surface area contributed by atoms with Crippen LogP contribution in [0.3, 0.4) is 0 Å². The minimum atomic E-state index is 0. The summed E-state index contributed by atoms with van der Waals surface area (Å²) in [6.45, 7) is 6.61. The molecule has 0 saturated heterocycles. The molecular formula is C11H19N. The zero-order valence-electron chi connectivity index (χ0n) is 8.35. The van der Waals surface area contributed by atoms with Crippen molar-refractivity contribution in [1.82, 2.24) is 6.15 Å². The predicted octanol–water partition coefficient (Wildman–Crippen LogP) is 3.42. The van der Waals surface area contributed by atoms with Gasteiger partial charge in [-0.15, -0.1) is 0 Å². The van der Waals surface area contributed by atoms with Gasteiger partial charge in [-0.1, -0.05) is 31.5 Å². The lowest BCUT2D eigenvalue weighted by atomic mass is 9.99. The molecule has 0 atom stereocenters. The number of hydrogen-bond donors (Lipinski definition) is 1. The summed E-state index contributed by atoms with van der Waals surface area (Å²) < 4.78 is 0. The largest absolute Gasteiger partial charge is 0.344 e. The quantitative estimate of drug-likeness (QED) is 0.716. The third-order valence-electron chi connectivity index (χ3n) is 2.14. The zero-order chi connectivity index (χ0) is 8.27. The Morgan fingerprint density at radius 1 is 1.08 bits per heavy atom. The summed E-state index contributed by atoms with van der Waals surface area (Å²) in [6.07, 6.45) is 2.46. The van der Waals surface area contributed by atoms with Gasteiger partial charge in [0.05, 0.1) is 0 Å². The monoisotopic (exact) mass is 165 g/mol. The lowest BCUT2D eigenvalue weighted by Crippen LogP contribution is -1.91. The van der Waals surface area contributed by atoms with Crippen molar-refractivity contribution in [3.63, 3.8) is 0 Å². The van der Waals surface area contributed by atoms with E-state index in [1.807, 2.05) is 0 Å². The van der Waals surface area contributed by atoms with Crippen molar-refractivity contribution >= 4 is 0 Å². The molecule has 0 spiro atoms. The van der Waals surface area contributed by atoms with E-state index in [4.69, 9.17) is 0 Å². The average molecular weight is 165 g/mol. The van der Waals surface area contributed by atoms with Crippen LogP contribution >= 0.6 is 0 Å². The van der Waals surface area contributed by atoms with Crippen LogP contribution in [0.1, 0.15) is 30.0 Å². The molecule has 0 bridgehead atoms. The van der Waals surface area contributed by atoms with Gasteiger partial charge in [-0.25, -0.2) is 0 Å². The van der Waals surface area contributed by atoms with Gasteiger partial charge in [0.1, 0.15) is 0 Å². The van der Waals surface area contributed by atoms with Crippen LogP contribution in [-0.4, -0.2) is 0 Å². The molecule has 1 nitrogen and oxygen atoms in total. The van der Waals surface area contributed by atoms with E-state index in [0.29, 0.717) is 0 Å². The van der Waals surface area contributed by atoms with E-state index >= 15 is 0 Å². The Hall–Kier alpha value is -0.820. The number of benzene rings is 1. The topological polar surface area (TPSA) is 35.0 Å². The van der Waals surface area contributed by atoms with Crippen molar-refractivity contribution in [2.75, 3.05) is 0 Å². The zero-order valence-corrected chi connectivity index (χ0v) is 8.35. The van der Waals surface area contributed by atoms with Crippen LogP contribution in [-0.2, 0) is 6.42 Å². The van der Waals surface area contributed by atoms with Crippen LogP contribution in [0, 0.1) is 13.8 Å². The average Bonchev–Trinajstić information content (AvgIpc) is 1.97. The summed E-state index contributed by atoms with van der Waals surface area (Å²) in [6, 6.07) is 6.51. The molecule has 1 aromatic carbocycles. The van der Waals surface area contributed by atoms with Crippen molar-refractivity contribution in [2.24, 2.45) is 0 Å². The second kappa shape index (κ2) is 4.94. The number of hydrogen-bond acceptors (Lipinski definition) is 1. The fraction of sp³-hybridized carbons (Fsp3) is 0.455. The first-order valence-corrected chi connectivity index (χ1v) is 4.30. The molecule has 0 saturated carbocycles. The van der Waals surface area contributed by atoms with Crippen molar-refractivity contribution in [3.05, 3.63) is 34.9 Å². The third kappa shape index (κ3) is 2.35. The molecule has 0 amide bonds. The minimum Gasteiger partial charge on any atom is -0.344 e. The maximum Gasteiger partial charge on any atom is -0.0276 e. The molecule has 1 aromatic rings. The third-order valence-corrected chi connectivity index (χ3v) is 2.14. The molecule has 0 aliphatic rings.